The van der Waals surface area contributed by atoms with Gasteiger partial charge >= 0.3 is 0 Å². The fourth-order valence-corrected chi connectivity index (χ4v) is 7.44. The van der Waals surface area contributed by atoms with E-state index in [0.29, 0.717) is 0 Å². The van der Waals surface area contributed by atoms with Crippen molar-refractivity contribution < 1.29 is 4.42 Å². The number of nitrogens with zero attached hydrogens (tertiary/aromatic N) is 2. The van der Waals surface area contributed by atoms with Crippen LogP contribution in [0.5, 0.6) is 0 Å². The zero-order valence-electron chi connectivity index (χ0n) is 27.1. The third-order valence-electron chi connectivity index (χ3n) is 9.95. The average molecular weight is 639 g/mol. The van der Waals surface area contributed by atoms with Crippen LogP contribution in [0.1, 0.15) is 0 Å². The molecule has 0 atom stereocenters. The van der Waals surface area contributed by atoms with Crippen molar-refractivity contribution in [3.63, 3.8) is 0 Å². The molecule has 0 fully saturated rings. The number of pyridine rings is 1. The molecule has 10 aromatic rings. The second kappa shape index (κ2) is 11.5. The third-order valence-corrected chi connectivity index (χ3v) is 9.95. The van der Waals surface area contributed by atoms with Crippen molar-refractivity contribution in [2.75, 3.05) is 4.90 Å². The number of anilines is 3. The topological polar surface area (TPSA) is 29.3 Å². The molecule has 0 spiro atoms. The van der Waals surface area contributed by atoms with Crippen LogP contribution in [0.25, 0.3) is 76.5 Å². The molecule has 50 heavy (non-hydrogen) atoms. The number of fused-ring (bicyclic) bond motifs is 8. The molecule has 8 aromatic carbocycles. The molecule has 10 rings (SSSR count). The quantitative estimate of drug-likeness (QED) is 0.176. The highest BCUT2D eigenvalue weighted by molar-refractivity contribution is 6.17. The molecule has 0 radical (unpaired) electrons. The zero-order valence-corrected chi connectivity index (χ0v) is 27.1. The summed E-state index contributed by atoms with van der Waals surface area (Å²) >= 11 is 0. The minimum absolute atomic E-state index is 0.840. The molecule has 3 nitrogen and oxygen atoms in total. The largest absolute Gasteiger partial charge is 0.456 e. The minimum atomic E-state index is 0.840. The lowest BCUT2D eigenvalue weighted by molar-refractivity contribution is 0.668. The Hall–Kier alpha value is -6.71. The molecule has 0 saturated heterocycles. The third kappa shape index (κ3) is 4.71. The van der Waals surface area contributed by atoms with E-state index in [9.17, 15) is 0 Å². The van der Waals surface area contributed by atoms with Crippen LogP contribution >= 0.6 is 0 Å². The monoisotopic (exact) mass is 638 g/mol. The molecular formula is C47H30N2O. The summed E-state index contributed by atoms with van der Waals surface area (Å²) in [6.45, 7) is 0. The molecule has 0 aliphatic heterocycles. The lowest BCUT2D eigenvalue weighted by atomic mass is 9.95. The van der Waals surface area contributed by atoms with Crippen LogP contribution in [0.3, 0.4) is 0 Å². The molecule has 3 heteroatoms. The first-order valence-electron chi connectivity index (χ1n) is 16.9. The summed E-state index contributed by atoms with van der Waals surface area (Å²) in [5.74, 6) is 0. The van der Waals surface area contributed by atoms with Gasteiger partial charge in [-0.05, 0) is 109 Å². The number of benzene rings is 8. The van der Waals surface area contributed by atoms with Crippen LogP contribution in [0, 0.1) is 0 Å². The second-order valence-corrected chi connectivity index (χ2v) is 12.8. The first-order chi connectivity index (χ1) is 24.8. The standard InChI is InChI=1S/C47H30N2O/c1-2-6-31(7-3-1)32-10-17-37(18-11-32)49(39-21-25-46-44(29-39)45-30-48-27-26-47(45)50-46)38-19-12-33(13-20-38)35-15-22-41-36(28-35)16-24-42-40-9-5-4-8-34(40)14-23-43(41)42/h1-30H. The molecule has 0 aliphatic rings. The van der Waals surface area contributed by atoms with E-state index in [1.165, 1.54) is 54.6 Å². The van der Waals surface area contributed by atoms with Gasteiger partial charge in [-0.2, -0.15) is 0 Å². The number of furan rings is 1. The summed E-state index contributed by atoms with van der Waals surface area (Å²) < 4.78 is 6.14. The minimum Gasteiger partial charge on any atom is -0.456 e. The van der Waals surface area contributed by atoms with Crippen molar-refractivity contribution in [3.05, 3.63) is 182 Å². The van der Waals surface area contributed by atoms with E-state index in [0.717, 1.165) is 39.0 Å². The molecule has 0 amide bonds. The molecular weight excluding hydrogens is 609 g/mol. The lowest BCUT2D eigenvalue weighted by Crippen LogP contribution is -2.09. The van der Waals surface area contributed by atoms with Gasteiger partial charge in [0, 0.05) is 40.2 Å². The molecule has 0 N–H and O–H groups in total. The summed E-state index contributed by atoms with van der Waals surface area (Å²) in [5.41, 5.74) is 9.65. The van der Waals surface area contributed by atoms with Crippen LogP contribution in [-0.4, -0.2) is 4.98 Å². The van der Waals surface area contributed by atoms with Gasteiger partial charge in [-0.15, -0.1) is 0 Å². The normalized spacial score (nSPS) is 11.6. The first-order valence-corrected chi connectivity index (χ1v) is 16.9. The van der Waals surface area contributed by atoms with Gasteiger partial charge in [0.05, 0.1) is 0 Å². The molecule has 2 heterocycles. The second-order valence-electron chi connectivity index (χ2n) is 12.8. The Morgan fingerprint density at radius 2 is 0.940 bits per heavy atom. The van der Waals surface area contributed by atoms with Crippen molar-refractivity contribution in [2.45, 2.75) is 0 Å². The molecule has 2 aromatic heterocycles. The van der Waals surface area contributed by atoms with Crippen molar-refractivity contribution in [3.8, 4) is 22.3 Å². The fraction of sp³-hybridized carbons (Fsp3) is 0. The molecule has 0 unspecified atom stereocenters. The van der Waals surface area contributed by atoms with E-state index in [-0.39, 0.29) is 0 Å². The summed E-state index contributed by atoms with van der Waals surface area (Å²) in [6.07, 6.45) is 3.65. The Labute approximate surface area is 289 Å². The summed E-state index contributed by atoms with van der Waals surface area (Å²) in [5, 5.41) is 9.72. The Morgan fingerprint density at radius 1 is 0.360 bits per heavy atom. The van der Waals surface area contributed by atoms with Gasteiger partial charge in [0.25, 0.3) is 0 Å². The SMILES string of the molecule is c1ccc(-c2ccc(N(c3ccc(-c4ccc5c(ccc6c7ccccc7ccc56)c4)cc3)c3ccc4oc5ccncc5c4c3)cc2)cc1. The van der Waals surface area contributed by atoms with E-state index in [1.54, 1.807) is 6.20 Å². The van der Waals surface area contributed by atoms with Crippen LogP contribution in [0.15, 0.2) is 187 Å². The fourth-order valence-electron chi connectivity index (χ4n) is 7.44. The number of hydrogen-bond acceptors (Lipinski definition) is 3. The van der Waals surface area contributed by atoms with E-state index >= 15 is 0 Å². The maximum Gasteiger partial charge on any atom is 0.138 e. The van der Waals surface area contributed by atoms with Crippen LogP contribution in [-0.2, 0) is 0 Å². The highest BCUT2D eigenvalue weighted by Crippen LogP contribution is 2.40. The maximum atomic E-state index is 6.14. The molecule has 0 bridgehead atoms. The smallest absolute Gasteiger partial charge is 0.138 e. The number of aromatic nitrogens is 1. The molecule has 0 saturated carbocycles. The van der Waals surface area contributed by atoms with Gasteiger partial charge in [-0.25, -0.2) is 0 Å². The Bertz CT molecular complexity index is 2850. The number of rotatable bonds is 5. The summed E-state index contributed by atoms with van der Waals surface area (Å²) in [7, 11) is 0. The molecule has 234 valence electrons. The van der Waals surface area contributed by atoms with Crippen molar-refractivity contribution in [2.24, 2.45) is 0 Å². The van der Waals surface area contributed by atoms with Gasteiger partial charge < -0.3 is 9.32 Å². The Kier molecular flexibility index (Phi) is 6.49. The van der Waals surface area contributed by atoms with Gasteiger partial charge in [0.2, 0.25) is 0 Å². The number of hydrogen-bond donors (Lipinski definition) is 0. The zero-order chi connectivity index (χ0) is 33.0. The van der Waals surface area contributed by atoms with Crippen molar-refractivity contribution in [1.29, 1.82) is 0 Å². The van der Waals surface area contributed by atoms with Gasteiger partial charge in [0.1, 0.15) is 11.2 Å². The van der Waals surface area contributed by atoms with Crippen molar-refractivity contribution >= 4 is 71.3 Å². The maximum absolute atomic E-state index is 6.14. The van der Waals surface area contributed by atoms with E-state index in [2.05, 4.69) is 174 Å². The van der Waals surface area contributed by atoms with Crippen LogP contribution < -0.4 is 4.90 Å². The van der Waals surface area contributed by atoms with Crippen molar-refractivity contribution in [1.82, 2.24) is 4.98 Å². The predicted molar refractivity (Wildman–Crippen MR) is 210 cm³/mol. The van der Waals surface area contributed by atoms with E-state index in [4.69, 9.17) is 4.42 Å². The van der Waals surface area contributed by atoms with Gasteiger partial charge in [-0.1, -0.05) is 115 Å². The first kappa shape index (κ1) is 28.3. The van der Waals surface area contributed by atoms with Gasteiger partial charge in [-0.3, -0.25) is 4.98 Å². The summed E-state index contributed by atoms with van der Waals surface area (Å²) in [6, 6.07) is 61.0. The highest BCUT2D eigenvalue weighted by Gasteiger charge is 2.16. The Morgan fingerprint density at radius 3 is 1.72 bits per heavy atom. The van der Waals surface area contributed by atoms with Crippen LogP contribution in [0.2, 0.25) is 0 Å². The average Bonchev–Trinajstić information content (AvgIpc) is 3.56. The summed E-state index contributed by atoms with van der Waals surface area (Å²) in [4.78, 5) is 6.68. The highest BCUT2D eigenvalue weighted by atomic mass is 16.3. The predicted octanol–water partition coefficient (Wildman–Crippen LogP) is 13.2. The molecule has 0 aliphatic carbocycles. The van der Waals surface area contributed by atoms with Gasteiger partial charge in [0.15, 0.2) is 0 Å². The van der Waals surface area contributed by atoms with E-state index < -0.39 is 0 Å². The van der Waals surface area contributed by atoms with E-state index in [1.807, 2.05) is 12.3 Å². The van der Waals surface area contributed by atoms with Crippen LogP contribution in [0.4, 0.5) is 17.1 Å². The Balaban J connectivity index is 1.05. The lowest BCUT2D eigenvalue weighted by Gasteiger charge is -2.26.